The lowest BCUT2D eigenvalue weighted by molar-refractivity contribution is -0.133. The molecule has 1 unspecified atom stereocenters. The molecule has 5 nitrogen and oxygen atoms in total. The van der Waals surface area contributed by atoms with E-state index in [0.29, 0.717) is 6.54 Å². The molecule has 0 aromatic rings. The van der Waals surface area contributed by atoms with Crippen molar-refractivity contribution in [3.8, 4) is 6.07 Å². The van der Waals surface area contributed by atoms with Crippen LogP contribution in [0.3, 0.4) is 0 Å². The molecule has 0 aliphatic heterocycles. The third kappa shape index (κ3) is 5.49. The van der Waals surface area contributed by atoms with E-state index in [-0.39, 0.29) is 45.2 Å². The van der Waals surface area contributed by atoms with Crippen LogP contribution in [0.25, 0.3) is 0 Å². The molecule has 0 spiro atoms. The second-order valence-electron chi connectivity index (χ2n) is 15.6. The van der Waals surface area contributed by atoms with E-state index in [4.69, 9.17) is 0 Å². The number of rotatable bonds is 4. The number of allylic oxidation sites excluding steroid dienone is 4. The van der Waals surface area contributed by atoms with Crippen molar-refractivity contribution in [3.63, 3.8) is 0 Å². The van der Waals surface area contributed by atoms with E-state index >= 15 is 0 Å². The van der Waals surface area contributed by atoms with Gasteiger partial charge in [0.25, 0.3) is 0 Å². The van der Waals surface area contributed by atoms with Gasteiger partial charge in [0.1, 0.15) is 6.07 Å². The molecule has 2 fully saturated rings. The number of carbonyl (C=O) groups is 3. The Morgan fingerprint density at radius 1 is 0.975 bits per heavy atom. The largest absolute Gasteiger partial charge is 0.356 e. The van der Waals surface area contributed by atoms with Crippen molar-refractivity contribution in [2.75, 3.05) is 6.54 Å². The van der Waals surface area contributed by atoms with Crippen LogP contribution >= 0.6 is 0 Å². The minimum Gasteiger partial charge on any atom is -0.356 e. The van der Waals surface area contributed by atoms with Gasteiger partial charge >= 0.3 is 0 Å². The van der Waals surface area contributed by atoms with Crippen molar-refractivity contribution in [3.05, 3.63) is 23.3 Å². The highest BCUT2D eigenvalue weighted by Gasteiger charge is 2.62. The van der Waals surface area contributed by atoms with Crippen molar-refractivity contribution in [2.45, 2.75) is 127 Å². The molecule has 5 atom stereocenters. The Labute approximate surface area is 243 Å². The van der Waals surface area contributed by atoms with Gasteiger partial charge < -0.3 is 5.32 Å². The summed E-state index contributed by atoms with van der Waals surface area (Å²) in [6.07, 6.45) is 12.2. The summed E-state index contributed by atoms with van der Waals surface area (Å²) < 4.78 is 0. The van der Waals surface area contributed by atoms with Gasteiger partial charge in [-0.05, 0) is 93.5 Å². The highest BCUT2D eigenvalue weighted by Crippen LogP contribution is 2.68. The summed E-state index contributed by atoms with van der Waals surface area (Å²) in [4.78, 5) is 39.6. The van der Waals surface area contributed by atoms with E-state index in [2.05, 4.69) is 52.9 Å². The zero-order valence-electron chi connectivity index (χ0n) is 27.0. The number of fused-ring (bicyclic) bond motifs is 1. The van der Waals surface area contributed by atoms with Crippen LogP contribution in [0.1, 0.15) is 127 Å². The Bertz CT molecular complexity index is 1150. The Kier molecular flexibility index (Phi) is 8.79. The Morgan fingerprint density at radius 3 is 2.17 bits per heavy atom. The molecule has 3 aliphatic rings. The molecule has 0 heterocycles. The minimum atomic E-state index is -0.691. The van der Waals surface area contributed by atoms with Crippen molar-refractivity contribution < 1.29 is 14.4 Å². The molecule has 0 bridgehead atoms. The van der Waals surface area contributed by atoms with E-state index in [1.54, 1.807) is 6.92 Å². The second kappa shape index (κ2) is 10.9. The topological polar surface area (TPSA) is 87.0 Å². The van der Waals surface area contributed by atoms with Crippen LogP contribution in [-0.4, -0.2) is 24.0 Å². The first kappa shape index (κ1) is 32.3. The average molecular weight is 551 g/mol. The lowest BCUT2D eigenvalue weighted by atomic mass is 9.41. The number of nitriles is 1. The first-order valence-electron chi connectivity index (χ1n) is 15.5. The maximum Gasteiger partial charge on any atom is 0.225 e. The lowest BCUT2D eigenvalue weighted by Crippen LogP contribution is -2.56. The van der Waals surface area contributed by atoms with E-state index < -0.39 is 16.2 Å². The molecule has 5 heteroatoms. The van der Waals surface area contributed by atoms with Gasteiger partial charge in [-0.1, -0.05) is 73.5 Å². The molecular formula is C35H54N2O3. The molecular weight excluding hydrogens is 496 g/mol. The van der Waals surface area contributed by atoms with E-state index in [1.807, 2.05) is 32.9 Å². The Hall–Kier alpha value is -2.22. The number of nitrogens with one attached hydrogen (secondary N) is 1. The van der Waals surface area contributed by atoms with Gasteiger partial charge in [0.15, 0.2) is 11.6 Å². The zero-order chi connectivity index (χ0) is 30.4. The molecule has 1 amide bonds. The van der Waals surface area contributed by atoms with Crippen LogP contribution in [0.2, 0.25) is 0 Å². The average Bonchev–Trinajstić information content (AvgIpc) is 2.85. The highest BCUT2D eigenvalue weighted by molar-refractivity contribution is 6.04. The summed E-state index contributed by atoms with van der Waals surface area (Å²) >= 11 is 0. The lowest BCUT2D eigenvalue weighted by Gasteiger charge is -2.62. The van der Waals surface area contributed by atoms with Gasteiger partial charge in [-0.15, -0.1) is 0 Å². The van der Waals surface area contributed by atoms with Gasteiger partial charge in [-0.3, -0.25) is 14.4 Å². The monoisotopic (exact) mass is 550 g/mol. The van der Waals surface area contributed by atoms with Crippen LogP contribution in [0.15, 0.2) is 23.3 Å². The number of amides is 1. The molecule has 0 aromatic heterocycles. The molecule has 0 radical (unpaired) electrons. The summed E-state index contributed by atoms with van der Waals surface area (Å²) in [6, 6.07) is 2.19. The SMILES string of the molecule is CCNC(=O)[C@@]1(C)CCC(C)(C)CCC[C@](C)([C@]2(C)CCC3C(C)(C)C(=O)C(C#N)=C[C@]3(C)/C2=C/C(C)=O)CC1. The summed E-state index contributed by atoms with van der Waals surface area (Å²) in [5.41, 5.74) is -0.808. The van der Waals surface area contributed by atoms with Gasteiger partial charge in [-0.25, -0.2) is 0 Å². The third-order valence-electron chi connectivity index (χ3n) is 11.8. The van der Waals surface area contributed by atoms with Crippen molar-refractivity contribution in [1.29, 1.82) is 5.26 Å². The fourth-order valence-corrected chi connectivity index (χ4v) is 8.69. The summed E-state index contributed by atoms with van der Waals surface area (Å²) in [6.45, 7) is 21.8. The van der Waals surface area contributed by atoms with Gasteiger partial charge in [0.05, 0.1) is 5.57 Å². The number of ketones is 2. The second-order valence-corrected chi connectivity index (χ2v) is 15.6. The fourth-order valence-electron chi connectivity index (χ4n) is 8.69. The van der Waals surface area contributed by atoms with Crippen molar-refractivity contribution in [1.82, 2.24) is 5.32 Å². The van der Waals surface area contributed by atoms with E-state index in [1.165, 1.54) is 0 Å². The van der Waals surface area contributed by atoms with Crippen molar-refractivity contribution >= 4 is 17.5 Å². The number of hydrogen-bond acceptors (Lipinski definition) is 4. The molecule has 40 heavy (non-hydrogen) atoms. The molecule has 1 N–H and O–H groups in total. The predicted octanol–water partition coefficient (Wildman–Crippen LogP) is 7.90. The van der Waals surface area contributed by atoms with Crippen LogP contribution in [0, 0.1) is 49.7 Å². The number of Topliss-reactive ketones (excluding diaryl/α,β-unsaturated/α-hetero) is 1. The van der Waals surface area contributed by atoms with Crippen LogP contribution in [0.4, 0.5) is 0 Å². The van der Waals surface area contributed by atoms with Gasteiger partial charge in [0, 0.05) is 22.8 Å². The Balaban J connectivity index is 2.20. The summed E-state index contributed by atoms with van der Waals surface area (Å²) in [5, 5.41) is 13.1. The predicted molar refractivity (Wildman–Crippen MR) is 161 cm³/mol. The number of carbonyl (C=O) groups excluding carboxylic acids is 3. The maximum atomic E-state index is 13.4. The molecule has 0 saturated heterocycles. The fraction of sp³-hybridized carbons (Fsp3) is 0.771. The van der Waals surface area contributed by atoms with E-state index in [9.17, 15) is 19.6 Å². The molecule has 0 aromatic carbocycles. The minimum absolute atomic E-state index is 0.00137. The molecule has 222 valence electrons. The van der Waals surface area contributed by atoms with Crippen molar-refractivity contribution in [2.24, 2.45) is 38.4 Å². The Morgan fingerprint density at radius 2 is 1.60 bits per heavy atom. The van der Waals surface area contributed by atoms with Crippen LogP contribution < -0.4 is 5.32 Å². The smallest absolute Gasteiger partial charge is 0.225 e. The standard InChI is InChI=1S/C35H54N2O3/c1-11-37-29(40)32(7)18-17-30(3,4)14-12-15-33(8,20-19-32)35(10)16-13-26-31(5,6)28(39)25(23-36)22-34(26,9)27(35)21-24(2)38/h21-22,26H,11-20H2,1-10H3,(H,37,40)/b27-21-/t26?,32-,33-,34-,35+/m0/s1. The summed E-state index contributed by atoms with van der Waals surface area (Å²) in [7, 11) is 0. The molecule has 2 saturated carbocycles. The first-order valence-corrected chi connectivity index (χ1v) is 15.5. The maximum absolute atomic E-state index is 13.4. The van der Waals surface area contributed by atoms with Gasteiger partial charge in [-0.2, -0.15) is 5.26 Å². The molecule has 3 aliphatic carbocycles. The number of hydrogen-bond donors (Lipinski definition) is 1. The summed E-state index contributed by atoms with van der Waals surface area (Å²) in [5.74, 6) is 0.0590. The van der Waals surface area contributed by atoms with E-state index in [0.717, 1.165) is 63.4 Å². The normalized spacial score (nSPS) is 38.9. The quantitative estimate of drug-likeness (QED) is 0.360. The third-order valence-corrected chi connectivity index (χ3v) is 11.8. The first-order chi connectivity index (χ1) is 18.3. The number of nitrogens with zero attached hydrogens (tertiary/aromatic N) is 1. The van der Waals surface area contributed by atoms with Crippen LogP contribution in [-0.2, 0) is 14.4 Å². The van der Waals surface area contributed by atoms with Gasteiger partial charge in [0.2, 0.25) is 5.91 Å². The molecule has 3 rings (SSSR count). The van der Waals surface area contributed by atoms with Crippen LogP contribution in [0.5, 0.6) is 0 Å². The highest BCUT2D eigenvalue weighted by atomic mass is 16.2. The zero-order valence-corrected chi connectivity index (χ0v) is 27.0.